The number of rotatable bonds is 3. The number of hydrogen-bond acceptors (Lipinski definition) is 4. The van der Waals surface area contributed by atoms with Crippen molar-refractivity contribution in [3.8, 4) is 0 Å². The first-order valence-electron chi connectivity index (χ1n) is 8.64. The van der Waals surface area contributed by atoms with Crippen LogP contribution in [0.2, 0.25) is 0 Å². The van der Waals surface area contributed by atoms with Crippen LogP contribution in [0.3, 0.4) is 0 Å². The summed E-state index contributed by atoms with van der Waals surface area (Å²) in [6.45, 7) is 2.36. The molecule has 3 heterocycles. The molecule has 1 saturated heterocycles. The highest BCUT2D eigenvalue weighted by atomic mass is 16.2. The predicted molar refractivity (Wildman–Crippen MR) is 91.4 cm³/mol. The number of carbonyl (C=O) groups excluding carboxylic acids is 2. The molecular formula is C18H20N4O3. The Hall–Kier alpha value is -2.70. The molecule has 1 aliphatic carbocycles. The van der Waals surface area contributed by atoms with Crippen LogP contribution in [0.1, 0.15) is 41.6 Å². The van der Waals surface area contributed by atoms with Gasteiger partial charge in [0.2, 0.25) is 5.91 Å². The number of likely N-dealkylation sites (tertiary alicyclic amines) is 1. The van der Waals surface area contributed by atoms with E-state index >= 15 is 0 Å². The summed E-state index contributed by atoms with van der Waals surface area (Å²) in [6.07, 6.45) is 6.39. The van der Waals surface area contributed by atoms with E-state index in [1.165, 1.54) is 15.5 Å². The van der Waals surface area contributed by atoms with E-state index < -0.39 is 17.5 Å². The number of aryl methyl sites for hydroxylation is 1. The number of carbonyl (C=O) groups is 2. The number of fused-ring (bicyclic) bond motifs is 1. The zero-order valence-electron chi connectivity index (χ0n) is 14.1. The second-order valence-electron chi connectivity index (χ2n) is 6.85. The van der Waals surface area contributed by atoms with Crippen LogP contribution in [0, 0.1) is 6.92 Å². The van der Waals surface area contributed by atoms with Crippen molar-refractivity contribution in [2.75, 3.05) is 6.54 Å². The SMILES string of the molecule is Cc1ccc2ncc(C(=O)N3CCCC3C(=O)NC3CC3)c(=O)n2c1. The van der Waals surface area contributed by atoms with E-state index in [0.29, 0.717) is 18.6 Å². The Morgan fingerprint density at radius 3 is 2.80 bits per heavy atom. The van der Waals surface area contributed by atoms with Crippen LogP contribution in [-0.2, 0) is 4.79 Å². The molecule has 130 valence electrons. The molecule has 2 fully saturated rings. The fourth-order valence-electron chi connectivity index (χ4n) is 3.29. The average molecular weight is 340 g/mol. The number of hydrogen-bond donors (Lipinski definition) is 1. The molecule has 1 aliphatic heterocycles. The minimum atomic E-state index is -0.495. The molecule has 2 aliphatic rings. The van der Waals surface area contributed by atoms with Gasteiger partial charge in [0.25, 0.3) is 11.5 Å². The quantitative estimate of drug-likeness (QED) is 0.899. The van der Waals surface area contributed by atoms with Gasteiger partial charge in [-0.15, -0.1) is 0 Å². The molecule has 25 heavy (non-hydrogen) atoms. The maximum Gasteiger partial charge on any atom is 0.270 e. The maximum absolute atomic E-state index is 12.9. The second kappa shape index (κ2) is 5.98. The van der Waals surface area contributed by atoms with Crippen LogP contribution in [0.25, 0.3) is 5.65 Å². The van der Waals surface area contributed by atoms with E-state index in [4.69, 9.17) is 0 Å². The molecule has 4 rings (SSSR count). The fraction of sp³-hybridized carbons (Fsp3) is 0.444. The van der Waals surface area contributed by atoms with E-state index in [-0.39, 0.29) is 17.5 Å². The Morgan fingerprint density at radius 1 is 1.24 bits per heavy atom. The molecule has 2 aromatic heterocycles. The van der Waals surface area contributed by atoms with Crippen molar-refractivity contribution in [1.29, 1.82) is 0 Å². The van der Waals surface area contributed by atoms with Gasteiger partial charge in [-0.25, -0.2) is 4.98 Å². The monoisotopic (exact) mass is 340 g/mol. The fourth-order valence-corrected chi connectivity index (χ4v) is 3.29. The lowest BCUT2D eigenvalue weighted by Gasteiger charge is -2.23. The lowest BCUT2D eigenvalue weighted by Crippen LogP contribution is -2.47. The van der Waals surface area contributed by atoms with E-state index in [1.807, 2.05) is 13.0 Å². The molecule has 1 N–H and O–H groups in total. The molecular weight excluding hydrogens is 320 g/mol. The van der Waals surface area contributed by atoms with Crippen LogP contribution >= 0.6 is 0 Å². The number of pyridine rings is 1. The highest BCUT2D eigenvalue weighted by molar-refractivity contribution is 5.97. The van der Waals surface area contributed by atoms with Crippen molar-refractivity contribution >= 4 is 17.5 Å². The summed E-state index contributed by atoms with van der Waals surface area (Å²) < 4.78 is 1.39. The largest absolute Gasteiger partial charge is 0.352 e. The lowest BCUT2D eigenvalue weighted by atomic mass is 10.2. The normalized spacial score (nSPS) is 20.0. The zero-order valence-corrected chi connectivity index (χ0v) is 14.1. The summed E-state index contributed by atoms with van der Waals surface area (Å²) >= 11 is 0. The van der Waals surface area contributed by atoms with Gasteiger partial charge in [-0.3, -0.25) is 18.8 Å². The summed E-state index contributed by atoms with van der Waals surface area (Å²) in [7, 11) is 0. The molecule has 0 radical (unpaired) electrons. The van der Waals surface area contributed by atoms with Crippen molar-refractivity contribution in [2.45, 2.75) is 44.7 Å². The van der Waals surface area contributed by atoms with Gasteiger partial charge >= 0.3 is 0 Å². The maximum atomic E-state index is 12.9. The van der Waals surface area contributed by atoms with Gasteiger partial charge in [0.05, 0.1) is 0 Å². The van der Waals surface area contributed by atoms with Crippen LogP contribution in [0.15, 0.2) is 29.3 Å². The smallest absolute Gasteiger partial charge is 0.270 e. The Kier molecular flexibility index (Phi) is 3.78. The molecule has 0 aromatic carbocycles. The summed E-state index contributed by atoms with van der Waals surface area (Å²) in [6, 6.07) is 3.36. The van der Waals surface area contributed by atoms with E-state index in [1.54, 1.807) is 12.3 Å². The third-order valence-corrected chi connectivity index (χ3v) is 4.82. The van der Waals surface area contributed by atoms with Gasteiger partial charge in [0, 0.05) is 25.0 Å². The third kappa shape index (κ3) is 2.90. The topological polar surface area (TPSA) is 83.8 Å². The second-order valence-corrected chi connectivity index (χ2v) is 6.85. The molecule has 0 spiro atoms. The van der Waals surface area contributed by atoms with E-state index in [2.05, 4.69) is 10.3 Å². The molecule has 7 nitrogen and oxygen atoms in total. The molecule has 1 unspecified atom stereocenters. The Morgan fingerprint density at radius 2 is 2.04 bits per heavy atom. The predicted octanol–water partition coefficient (Wildman–Crippen LogP) is 0.886. The summed E-state index contributed by atoms with van der Waals surface area (Å²) in [5.74, 6) is -0.528. The number of amides is 2. The first-order chi connectivity index (χ1) is 12.0. The van der Waals surface area contributed by atoms with Crippen molar-refractivity contribution in [2.24, 2.45) is 0 Å². The van der Waals surface area contributed by atoms with Crippen molar-refractivity contribution < 1.29 is 9.59 Å². The highest BCUT2D eigenvalue weighted by Gasteiger charge is 2.37. The molecule has 2 aromatic rings. The lowest BCUT2D eigenvalue weighted by molar-refractivity contribution is -0.125. The molecule has 0 bridgehead atoms. The Labute approximate surface area is 144 Å². The summed E-state index contributed by atoms with van der Waals surface area (Å²) in [5.41, 5.74) is 1.02. The van der Waals surface area contributed by atoms with E-state index in [0.717, 1.165) is 24.8 Å². The van der Waals surface area contributed by atoms with Gasteiger partial charge < -0.3 is 10.2 Å². The first-order valence-corrected chi connectivity index (χ1v) is 8.64. The first kappa shape index (κ1) is 15.8. The molecule has 7 heteroatoms. The van der Waals surface area contributed by atoms with Crippen LogP contribution < -0.4 is 10.9 Å². The average Bonchev–Trinajstić information content (AvgIpc) is 3.26. The summed E-state index contributed by atoms with van der Waals surface area (Å²) in [5, 5.41) is 2.95. The molecule has 1 atom stereocenters. The third-order valence-electron chi connectivity index (χ3n) is 4.82. The highest BCUT2D eigenvalue weighted by Crippen LogP contribution is 2.23. The molecule has 1 saturated carbocycles. The minimum Gasteiger partial charge on any atom is -0.352 e. The van der Waals surface area contributed by atoms with E-state index in [9.17, 15) is 14.4 Å². The van der Waals surface area contributed by atoms with Crippen LogP contribution in [-0.4, -0.2) is 44.7 Å². The standard InChI is InChI=1S/C18H20N4O3/c1-11-4-7-15-19-9-13(18(25)22(15)10-11)17(24)21-8-2-3-14(21)16(23)20-12-5-6-12/h4,7,9-10,12,14H,2-3,5-6,8H2,1H3,(H,20,23). The van der Waals surface area contributed by atoms with Crippen molar-refractivity contribution in [1.82, 2.24) is 19.6 Å². The zero-order chi connectivity index (χ0) is 17.6. The van der Waals surface area contributed by atoms with Crippen molar-refractivity contribution in [3.05, 3.63) is 46.0 Å². The Balaban J connectivity index is 1.65. The minimum absolute atomic E-state index is 0.00854. The van der Waals surface area contributed by atoms with Gasteiger partial charge in [-0.2, -0.15) is 0 Å². The van der Waals surface area contributed by atoms with Gasteiger partial charge in [-0.05, 0) is 44.2 Å². The van der Waals surface area contributed by atoms with Gasteiger partial charge in [0.1, 0.15) is 17.3 Å². The van der Waals surface area contributed by atoms with Crippen molar-refractivity contribution in [3.63, 3.8) is 0 Å². The van der Waals surface area contributed by atoms with Gasteiger partial charge in [0.15, 0.2) is 0 Å². The van der Waals surface area contributed by atoms with Crippen LogP contribution in [0.4, 0.5) is 0 Å². The number of nitrogens with zero attached hydrogens (tertiary/aromatic N) is 3. The number of aromatic nitrogens is 2. The Bertz CT molecular complexity index is 916. The van der Waals surface area contributed by atoms with Gasteiger partial charge in [-0.1, -0.05) is 6.07 Å². The number of nitrogens with one attached hydrogen (secondary N) is 1. The molecule has 2 amide bonds. The van der Waals surface area contributed by atoms with Crippen LogP contribution in [0.5, 0.6) is 0 Å². The summed E-state index contributed by atoms with van der Waals surface area (Å²) in [4.78, 5) is 43.7.